The van der Waals surface area contributed by atoms with Gasteiger partial charge in [-0.05, 0) is 72.9 Å². The number of nitrogens with one attached hydrogen (secondary N) is 2. The molecule has 1 fully saturated rings. The summed E-state index contributed by atoms with van der Waals surface area (Å²) in [5.74, 6) is -4.33. The molecule has 0 radical (unpaired) electrons. The molecule has 0 spiro atoms. The summed E-state index contributed by atoms with van der Waals surface area (Å²) < 4.78 is 5.97. The molecule has 244 valence electrons. The monoisotopic (exact) mass is 672 g/mol. The molecular formula is C38H38Cl2N2O5. The summed E-state index contributed by atoms with van der Waals surface area (Å²) in [7, 11) is 0. The fraction of sp³-hybridized carbons (Fsp3) is 0.289. The number of Topliss-reactive ketones (excluding diaryl/α,β-unsaturated/α-hetero) is 1. The van der Waals surface area contributed by atoms with Gasteiger partial charge in [-0.1, -0.05) is 91.6 Å². The molecule has 4 aromatic rings. The van der Waals surface area contributed by atoms with E-state index in [1.807, 2.05) is 50.2 Å². The van der Waals surface area contributed by atoms with Crippen molar-refractivity contribution >= 4 is 52.2 Å². The molecule has 0 aromatic heterocycles. The van der Waals surface area contributed by atoms with Crippen molar-refractivity contribution in [3.63, 3.8) is 0 Å². The van der Waals surface area contributed by atoms with Gasteiger partial charge in [0.05, 0.1) is 11.5 Å². The van der Waals surface area contributed by atoms with E-state index >= 15 is 0 Å². The standard InChI is InChI=1S/C38H38Cl2N2O5/c1-4-23-11-6-8-15-30(23)41-36(44)34-32(43)21-38(3,46)35(37(45)42-31-16-9-7-12-24(31)5-2)33(34)25-17-19-26(20-18-25)47-22-27-28(39)13-10-14-29(27)40/h6-20,33-35,46H,4-5,21-22H2,1-3H3,(H,41,44)(H,42,45). The third-order valence-electron chi connectivity index (χ3n) is 8.85. The summed E-state index contributed by atoms with van der Waals surface area (Å²) in [6.07, 6.45) is 1.00. The summed E-state index contributed by atoms with van der Waals surface area (Å²) in [5, 5.41) is 18.6. The van der Waals surface area contributed by atoms with E-state index in [4.69, 9.17) is 27.9 Å². The topological polar surface area (TPSA) is 105 Å². The van der Waals surface area contributed by atoms with Gasteiger partial charge in [0.2, 0.25) is 11.8 Å². The second kappa shape index (κ2) is 14.7. The number of para-hydroxylation sites is 2. The van der Waals surface area contributed by atoms with E-state index in [2.05, 4.69) is 10.6 Å². The maximum Gasteiger partial charge on any atom is 0.235 e. The van der Waals surface area contributed by atoms with E-state index in [9.17, 15) is 19.5 Å². The number of hydrogen-bond acceptors (Lipinski definition) is 5. The van der Waals surface area contributed by atoms with Gasteiger partial charge in [0.25, 0.3) is 0 Å². The maximum atomic E-state index is 14.2. The second-order valence-electron chi connectivity index (χ2n) is 12.0. The largest absolute Gasteiger partial charge is 0.489 e. The Morgan fingerprint density at radius 1 is 0.809 bits per heavy atom. The summed E-state index contributed by atoms with van der Waals surface area (Å²) >= 11 is 12.6. The first-order valence-electron chi connectivity index (χ1n) is 15.7. The van der Waals surface area contributed by atoms with Gasteiger partial charge in [-0.25, -0.2) is 0 Å². The van der Waals surface area contributed by atoms with Gasteiger partial charge in [-0.15, -0.1) is 0 Å². The zero-order valence-electron chi connectivity index (χ0n) is 26.6. The number of ether oxygens (including phenoxy) is 1. The predicted molar refractivity (Wildman–Crippen MR) is 186 cm³/mol. The van der Waals surface area contributed by atoms with Crippen LogP contribution in [0.4, 0.5) is 11.4 Å². The lowest BCUT2D eigenvalue weighted by Gasteiger charge is -2.44. The van der Waals surface area contributed by atoms with E-state index in [-0.39, 0.29) is 13.0 Å². The molecule has 4 atom stereocenters. The van der Waals surface area contributed by atoms with Crippen LogP contribution in [0, 0.1) is 11.8 Å². The Balaban J connectivity index is 1.52. The Bertz CT molecular complexity index is 1750. The number of halogens is 2. The van der Waals surface area contributed by atoms with Crippen molar-refractivity contribution < 1.29 is 24.2 Å². The number of carbonyl (C=O) groups is 3. The molecule has 3 N–H and O–H groups in total. The van der Waals surface area contributed by atoms with Gasteiger partial charge in [0, 0.05) is 39.3 Å². The lowest BCUT2D eigenvalue weighted by atomic mass is 9.61. The van der Waals surface area contributed by atoms with Crippen LogP contribution in [0.15, 0.2) is 91.0 Å². The number of ketones is 1. The van der Waals surface area contributed by atoms with Gasteiger partial charge < -0.3 is 20.5 Å². The van der Waals surface area contributed by atoms with Crippen LogP contribution in [0.25, 0.3) is 0 Å². The van der Waals surface area contributed by atoms with Crippen molar-refractivity contribution in [3.8, 4) is 5.75 Å². The smallest absolute Gasteiger partial charge is 0.235 e. The molecule has 2 amide bonds. The highest BCUT2D eigenvalue weighted by Gasteiger charge is 2.56. The molecule has 5 rings (SSSR count). The number of anilines is 2. The van der Waals surface area contributed by atoms with Crippen LogP contribution in [-0.4, -0.2) is 28.3 Å². The molecule has 0 heterocycles. The molecule has 47 heavy (non-hydrogen) atoms. The number of rotatable bonds is 10. The summed E-state index contributed by atoms with van der Waals surface area (Å²) in [6, 6.07) is 26.9. The van der Waals surface area contributed by atoms with E-state index < -0.39 is 41.0 Å². The Morgan fingerprint density at radius 2 is 1.34 bits per heavy atom. The normalized spacial score (nSPS) is 20.8. The highest BCUT2D eigenvalue weighted by molar-refractivity contribution is 6.35. The molecule has 4 aromatic carbocycles. The third-order valence-corrected chi connectivity index (χ3v) is 9.56. The van der Waals surface area contributed by atoms with Crippen LogP contribution in [0.2, 0.25) is 10.0 Å². The lowest BCUT2D eigenvalue weighted by molar-refractivity contribution is -0.150. The van der Waals surface area contributed by atoms with Crippen molar-refractivity contribution in [1.82, 2.24) is 0 Å². The van der Waals surface area contributed by atoms with Crippen molar-refractivity contribution in [2.24, 2.45) is 11.8 Å². The van der Waals surface area contributed by atoms with Crippen LogP contribution in [0.1, 0.15) is 55.4 Å². The number of amides is 2. The van der Waals surface area contributed by atoms with Crippen LogP contribution >= 0.6 is 23.2 Å². The Morgan fingerprint density at radius 3 is 1.89 bits per heavy atom. The average molecular weight is 674 g/mol. The van der Waals surface area contributed by atoms with Gasteiger partial charge >= 0.3 is 0 Å². The minimum atomic E-state index is -1.74. The van der Waals surface area contributed by atoms with Gasteiger partial charge in [0.15, 0.2) is 0 Å². The number of hydrogen-bond donors (Lipinski definition) is 3. The highest BCUT2D eigenvalue weighted by Crippen LogP contribution is 2.47. The van der Waals surface area contributed by atoms with Crippen LogP contribution in [0.5, 0.6) is 5.75 Å². The SMILES string of the molecule is CCc1ccccc1NC(=O)C1C(=O)CC(C)(O)C(C(=O)Nc2ccccc2CC)C1c1ccc(OCc2c(Cl)cccc2Cl)cc1. The average Bonchev–Trinajstić information content (AvgIpc) is 3.04. The molecule has 1 aliphatic rings. The van der Waals surface area contributed by atoms with Gasteiger partial charge in [-0.3, -0.25) is 14.4 Å². The first-order valence-corrected chi connectivity index (χ1v) is 16.5. The van der Waals surface area contributed by atoms with E-state index in [0.717, 1.165) is 11.1 Å². The van der Waals surface area contributed by atoms with Gasteiger partial charge in [0.1, 0.15) is 24.1 Å². The van der Waals surface area contributed by atoms with Crippen LogP contribution in [0.3, 0.4) is 0 Å². The lowest BCUT2D eigenvalue weighted by Crippen LogP contribution is -2.56. The number of carbonyl (C=O) groups excluding carboxylic acids is 3. The highest BCUT2D eigenvalue weighted by atomic mass is 35.5. The molecule has 9 heteroatoms. The summed E-state index contributed by atoms with van der Waals surface area (Å²) in [6.45, 7) is 5.58. The minimum absolute atomic E-state index is 0.123. The minimum Gasteiger partial charge on any atom is -0.489 e. The molecule has 0 aliphatic heterocycles. The molecular weight excluding hydrogens is 635 g/mol. The Labute approximate surface area is 285 Å². The van der Waals surface area contributed by atoms with Crippen molar-refractivity contribution in [2.45, 2.75) is 58.2 Å². The Hall–Kier alpha value is -4.17. The molecule has 1 saturated carbocycles. The van der Waals surface area contributed by atoms with E-state index in [1.54, 1.807) is 54.6 Å². The number of benzene rings is 4. The molecule has 7 nitrogen and oxygen atoms in total. The van der Waals surface area contributed by atoms with E-state index in [0.29, 0.717) is 51.1 Å². The first kappa shape index (κ1) is 34.2. The predicted octanol–water partition coefficient (Wildman–Crippen LogP) is 8.01. The second-order valence-corrected chi connectivity index (χ2v) is 12.9. The zero-order valence-corrected chi connectivity index (χ0v) is 28.1. The molecule has 0 bridgehead atoms. The van der Waals surface area contributed by atoms with Gasteiger partial charge in [-0.2, -0.15) is 0 Å². The van der Waals surface area contributed by atoms with E-state index in [1.165, 1.54) is 6.92 Å². The molecule has 4 unspecified atom stereocenters. The van der Waals surface area contributed by atoms with Crippen LogP contribution in [-0.2, 0) is 33.8 Å². The number of aliphatic hydroxyl groups is 1. The Kier molecular flexibility index (Phi) is 10.7. The van der Waals surface area contributed by atoms with Crippen molar-refractivity contribution in [2.75, 3.05) is 10.6 Å². The fourth-order valence-corrected chi connectivity index (χ4v) is 6.93. The molecule has 0 saturated heterocycles. The first-order chi connectivity index (χ1) is 22.5. The quantitative estimate of drug-likeness (QED) is 0.148. The maximum absolute atomic E-state index is 14.2. The zero-order chi connectivity index (χ0) is 33.7. The van der Waals surface area contributed by atoms with Crippen molar-refractivity contribution in [3.05, 3.63) is 123 Å². The fourth-order valence-electron chi connectivity index (χ4n) is 6.43. The summed E-state index contributed by atoms with van der Waals surface area (Å²) in [5.41, 5.74) is 2.50. The van der Waals surface area contributed by atoms with Crippen LogP contribution < -0.4 is 15.4 Å². The number of aryl methyl sites for hydroxylation is 2. The third kappa shape index (κ3) is 7.54. The molecule has 1 aliphatic carbocycles. The van der Waals surface area contributed by atoms with Crippen molar-refractivity contribution in [1.29, 1.82) is 0 Å². The summed E-state index contributed by atoms with van der Waals surface area (Å²) in [4.78, 5) is 42.1.